The van der Waals surface area contributed by atoms with Gasteiger partial charge in [-0.1, -0.05) is 36.4 Å². The highest BCUT2D eigenvalue weighted by molar-refractivity contribution is 5.99. The smallest absolute Gasteiger partial charge is 0.338 e. The van der Waals surface area contributed by atoms with Crippen molar-refractivity contribution in [2.75, 3.05) is 20.2 Å². The average molecular weight is 498 g/mol. The number of H-pyrrole nitrogens is 2. The highest BCUT2D eigenvalue weighted by Gasteiger charge is 2.50. The number of para-hydroxylation sites is 1. The van der Waals surface area contributed by atoms with Crippen LogP contribution in [0.4, 0.5) is 0 Å². The Morgan fingerprint density at radius 1 is 1.08 bits per heavy atom. The van der Waals surface area contributed by atoms with E-state index in [1.807, 2.05) is 36.4 Å². The molecule has 37 heavy (non-hydrogen) atoms. The summed E-state index contributed by atoms with van der Waals surface area (Å²) in [5.41, 5.74) is 3.30. The fourth-order valence-corrected chi connectivity index (χ4v) is 4.96. The van der Waals surface area contributed by atoms with Crippen molar-refractivity contribution in [3.05, 3.63) is 88.9 Å². The number of ether oxygens (including phenoxy) is 1. The number of fused-ring (bicyclic) bond motifs is 2. The second-order valence-electron chi connectivity index (χ2n) is 9.81. The number of nitrogens with zero attached hydrogens (tertiary/aromatic N) is 3. The molecule has 1 fully saturated rings. The zero-order valence-corrected chi connectivity index (χ0v) is 20.5. The summed E-state index contributed by atoms with van der Waals surface area (Å²) in [7, 11) is 1.73. The van der Waals surface area contributed by atoms with Crippen molar-refractivity contribution in [1.29, 1.82) is 0 Å². The third kappa shape index (κ3) is 4.16. The number of hydrogen-bond acceptors (Lipinski definition) is 5. The topological polar surface area (TPSA) is 111 Å². The average Bonchev–Trinajstić information content (AvgIpc) is 3.41. The van der Waals surface area contributed by atoms with Crippen molar-refractivity contribution in [3.63, 3.8) is 0 Å². The zero-order chi connectivity index (χ0) is 25.6. The summed E-state index contributed by atoms with van der Waals surface area (Å²) < 4.78 is 5.56. The molecule has 1 saturated carbocycles. The van der Waals surface area contributed by atoms with E-state index in [0.717, 1.165) is 35.0 Å². The first kappa shape index (κ1) is 23.0. The van der Waals surface area contributed by atoms with Gasteiger partial charge in [0.2, 0.25) is 0 Å². The lowest BCUT2D eigenvalue weighted by atomic mass is 10.0. The first-order valence-electron chi connectivity index (χ1n) is 12.4. The van der Waals surface area contributed by atoms with Gasteiger partial charge in [-0.3, -0.25) is 14.7 Å². The van der Waals surface area contributed by atoms with Crippen LogP contribution in [0.5, 0.6) is 0 Å². The number of nitrogens with one attached hydrogen (secondary N) is 2. The number of amides is 2. The first-order valence-corrected chi connectivity index (χ1v) is 12.4. The van der Waals surface area contributed by atoms with Crippen molar-refractivity contribution in [3.8, 4) is 0 Å². The second kappa shape index (κ2) is 8.92. The lowest BCUT2D eigenvalue weighted by molar-refractivity contribution is 0.0308. The quantitative estimate of drug-likeness (QED) is 0.396. The van der Waals surface area contributed by atoms with Gasteiger partial charge in [-0.25, -0.2) is 4.79 Å². The highest BCUT2D eigenvalue weighted by atomic mass is 16.5. The predicted molar refractivity (Wildman–Crippen MR) is 136 cm³/mol. The van der Waals surface area contributed by atoms with Gasteiger partial charge in [0.25, 0.3) is 11.8 Å². The van der Waals surface area contributed by atoms with Crippen LogP contribution in [-0.4, -0.2) is 68.5 Å². The van der Waals surface area contributed by atoms with E-state index in [1.54, 1.807) is 41.1 Å². The van der Waals surface area contributed by atoms with Gasteiger partial charge in [0.05, 0.1) is 17.6 Å². The van der Waals surface area contributed by atoms with Crippen LogP contribution in [0, 0.1) is 0 Å². The van der Waals surface area contributed by atoms with Crippen LogP contribution in [-0.2, 0) is 17.7 Å². The predicted octanol–water partition coefficient (Wildman–Crippen LogP) is 3.55. The monoisotopic (exact) mass is 497 g/mol. The Labute approximate surface area is 213 Å². The van der Waals surface area contributed by atoms with Crippen LogP contribution in [0.25, 0.3) is 10.9 Å². The molecular weight excluding hydrogens is 470 g/mol. The van der Waals surface area contributed by atoms with E-state index in [0.29, 0.717) is 36.5 Å². The molecule has 0 radical (unpaired) electrons. The van der Waals surface area contributed by atoms with Gasteiger partial charge in [0.15, 0.2) is 5.69 Å². The summed E-state index contributed by atoms with van der Waals surface area (Å²) in [6, 6.07) is 18.4. The van der Waals surface area contributed by atoms with E-state index in [4.69, 9.17) is 4.74 Å². The standard InChI is InChI=1S/C28H27N5O4/c1-32(28(12-13-28)17-37-27(36)18-7-3-2-4-8-18)26(35)24-20-16-33(14-11-22(20)30-31-24)25(34)23-15-19-9-5-6-10-21(19)29-23/h2-10,15,29H,11-14,16-17H2,1H3,(H,30,31). The molecule has 2 aromatic carbocycles. The molecule has 9 heteroatoms. The van der Waals surface area contributed by atoms with Crippen LogP contribution < -0.4 is 0 Å². The minimum Gasteiger partial charge on any atom is -0.460 e. The largest absolute Gasteiger partial charge is 0.460 e. The number of likely N-dealkylation sites (N-methyl/N-ethyl adjacent to an activating group) is 1. The van der Waals surface area contributed by atoms with Gasteiger partial charge in [0, 0.05) is 42.2 Å². The molecule has 0 saturated heterocycles. The minimum atomic E-state index is -0.540. The van der Waals surface area contributed by atoms with Crippen LogP contribution in [0.3, 0.4) is 0 Å². The maximum atomic E-state index is 13.5. The van der Waals surface area contributed by atoms with Crippen molar-refractivity contribution in [2.45, 2.75) is 31.3 Å². The van der Waals surface area contributed by atoms with Crippen LogP contribution >= 0.6 is 0 Å². The van der Waals surface area contributed by atoms with Crippen LogP contribution in [0.1, 0.15) is 55.4 Å². The molecule has 6 rings (SSSR count). The molecule has 2 aliphatic rings. The van der Waals surface area contributed by atoms with E-state index in [9.17, 15) is 14.4 Å². The molecule has 0 atom stereocenters. The molecule has 188 valence electrons. The third-order valence-electron chi connectivity index (χ3n) is 7.51. The van der Waals surface area contributed by atoms with E-state index >= 15 is 0 Å². The van der Waals surface area contributed by atoms with Crippen molar-refractivity contribution in [1.82, 2.24) is 25.0 Å². The summed E-state index contributed by atoms with van der Waals surface area (Å²) in [5.74, 6) is -0.761. The summed E-state index contributed by atoms with van der Waals surface area (Å²) >= 11 is 0. The van der Waals surface area contributed by atoms with E-state index in [-0.39, 0.29) is 18.4 Å². The SMILES string of the molecule is CN(C(=O)c1n[nH]c2c1CN(C(=O)c1cc3ccccc3[nH]1)CC2)C1(COC(=O)c2ccccc2)CC1. The summed E-state index contributed by atoms with van der Waals surface area (Å²) in [6.45, 7) is 0.956. The Balaban J connectivity index is 1.16. The molecule has 3 heterocycles. The number of aromatic nitrogens is 3. The molecule has 1 aliphatic heterocycles. The molecule has 0 spiro atoms. The Kier molecular flexibility index (Phi) is 5.55. The normalized spacial score (nSPS) is 15.8. The molecule has 1 aliphatic carbocycles. The van der Waals surface area contributed by atoms with Gasteiger partial charge >= 0.3 is 5.97 Å². The fourth-order valence-electron chi connectivity index (χ4n) is 4.96. The summed E-state index contributed by atoms with van der Waals surface area (Å²) in [5, 5.41) is 8.31. The van der Waals surface area contributed by atoms with Crippen molar-refractivity contribution in [2.24, 2.45) is 0 Å². The first-order chi connectivity index (χ1) is 17.9. The molecular formula is C28H27N5O4. The van der Waals surface area contributed by atoms with Crippen molar-refractivity contribution >= 4 is 28.7 Å². The van der Waals surface area contributed by atoms with Crippen LogP contribution in [0.2, 0.25) is 0 Å². The minimum absolute atomic E-state index is 0.110. The molecule has 2 N–H and O–H groups in total. The molecule has 2 amide bonds. The number of rotatable bonds is 6. The molecule has 2 aromatic heterocycles. The Hall–Kier alpha value is -4.40. The highest BCUT2D eigenvalue weighted by Crippen LogP contribution is 2.42. The Morgan fingerprint density at radius 3 is 2.59 bits per heavy atom. The number of hydrogen-bond donors (Lipinski definition) is 2. The van der Waals surface area contributed by atoms with E-state index < -0.39 is 11.5 Å². The Bertz CT molecular complexity index is 1470. The lowest BCUT2D eigenvalue weighted by Gasteiger charge is -2.29. The van der Waals surface area contributed by atoms with Gasteiger partial charge in [-0.2, -0.15) is 5.10 Å². The van der Waals surface area contributed by atoms with Crippen LogP contribution in [0.15, 0.2) is 60.7 Å². The van der Waals surface area contributed by atoms with E-state index in [2.05, 4.69) is 15.2 Å². The molecule has 4 aromatic rings. The van der Waals surface area contributed by atoms with Gasteiger partial charge in [-0.05, 0) is 37.1 Å². The maximum absolute atomic E-state index is 13.5. The molecule has 0 unspecified atom stereocenters. The van der Waals surface area contributed by atoms with Gasteiger partial charge < -0.3 is 19.5 Å². The third-order valence-corrected chi connectivity index (χ3v) is 7.51. The Morgan fingerprint density at radius 2 is 1.84 bits per heavy atom. The number of esters is 1. The van der Waals surface area contributed by atoms with Crippen molar-refractivity contribution < 1.29 is 19.1 Å². The lowest BCUT2D eigenvalue weighted by Crippen LogP contribution is -2.43. The van der Waals surface area contributed by atoms with Gasteiger partial charge in [0.1, 0.15) is 12.3 Å². The zero-order valence-electron chi connectivity index (χ0n) is 20.5. The maximum Gasteiger partial charge on any atom is 0.338 e. The summed E-state index contributed by atoms with van der Waals surface area (Å²) in [6.07, 6.45) is 2.08. The summed E-state index contributed by atoms with van der Waals surface area (Å²) in [4.78, 5) is 45.8. The molecule has 0 bridgehead atoms. The number of benzene rings is 2. The fraction of sp³-hybridized carbons (Fsp3) is 0.286. The number of carbonyl (C=O) groups is 3. The van der Waals surface area contributed by atoms with Gasteiger partial charge in [-0.15, -0.1) is 0 Å². The van der Waals surface area contributed by atoms with E-state index in [1.165, 1.54) is 0 Å². The number of aromatic amines is 2. The molecule has 9 nitrogen and oxygen atoms in total. The number of carbonyl (C=O) groups excluding carboxylic acids is 3. The second-order valence-corrected chi connectivity index (χ2v) is 9.81.